The highest BCUT2D eigenvalue weighted by Crippen LogP contribution is 2.40. The molecule has 0 bridgehead atoms. The van der Waals surface area contributed by atoms with Gasteiger partial charge in [-0.3, -0.25) is 10.2 Å². The zero-order valence-corrected chi connectivity index (χ0v) is 13.0. The molecule has 0 radical (unpaired) electrons. The highest BCUT2D eigenvalue weighted by molar-refractivity contribution is 6.42. The van der Waals surface area contributed by atoms with Crippen molar-refractivity contribution >= 4 is 29.1 Å². The fourth-order valence-electron chi connectivity index (χ4n) is 1.94. The maximum atomic E-state index is 13.0. The number of hydrogen-bond donors (Lipinski definition) is 2. The van der Waals surface area contributed by atoms with Gasteiger partial charge in [0, 0.05) is 18.2 Å². The van der Waals surface area contributed by atoms with E-state index in [-0.39, 0.29) is 26.5 Å². The average Bonchev–Trinajstić information content (AvgIpc) is 2.76. The van der Waals surface area contributed by atoms with Gasteiger partial charge in [0.25, 0.3) is 11.6 Å². The summed E-state index contributed by atoms with van der Waals surface area (Å²) in [6.07, 6.45) is -5.92. The fraction of sp³-hybridized carbons (Fsp3) is 0.308. The van der Waals surface area contributed by atoms with Crippen molar-refractivity contribution in [3.63, 3.8) is 0 Å². The Hall–Kier alpha value is -1.64. The first-order valence-electron chi connectivity index (χ1n) is 6.19. The quantitative estimate of drug-likeness (QED) is 0.858. The molecule has 1 aliphatic heterocycles. The number of carbonyl (C=O) groups is 1. The summed E-state index contributed by atoms with van der Waals surface area (Å²) in [5.74, 6) is -0.990. The van der Waals surface area contributed by atoms with Crippen LogP contribution in [-0.4, -0.2) is 34.5 Å². The van der Waals surface area contributed by atoms with Gasteiger partial charge in [0.1, 0.15) is 5.75 Å². The number of hydrogen-bond acceptors (Lipinski definition) is 4. The second kappa shape index (κ2) is 6.10. The minimum absolute atomic E-state index is 0.0624. The van der Waals surface area contributed by atoms with E-state index < -0.39 is 30.8 Å². The summed E-state index contributed by atoms with van der Waals surface area (Å²) in [6, 6.07) is 4.11. The normalized spacial score (nSPS) is 21.3. The largest absolute Gasteiger partial charge is 0.484 e. The molecular weight excluding hydrogens is 360 g/mol. The van der Waals surface area contributed by atoms with Crippen LogP contribution in [0, 0.1) is 0 Å². The molecule has 1 amide bonds. The van der Waals surface area contributed by atoms with Crippen LogP contribution in [0.5, 0.6) is 5.75 Å². The predicted molar refractivity (Wildman–Crippen MR) is 76.7 cm³/mol. The van der Waals surface area contributed by atoms with Gasteiger partial charge in [-0.05, 0) is 12.1 Å². The van der Waals surface area contributed by atoms with Gasteiger partial charge in [-0.15, -0.1) is 0 Å². The lowest BCUT2D eigenvalue weighted by molar-refractivity contribution is -0.304. The van der Waals surface area contributed by atoms with Crippen molar-refractivity contribution in [2.24, 2.45) is 0 Å². The van der Waals surface area contributed by atoms with Crippen LogP contribution in [0.2, 0.25) is 10.0 Å². The SMILES string of the molecule is C=C1CC(O)(C(F)(F)F)N(C(=O)COc2ccc(Cl)c(Cl)c2)N1. The summed E-state index contributed by atoms with van der Waals surface area (Å²) in [4.78, 5) is 12.0. The van der Waals surface area contributed by atoms with Gasteiger partial charge in [-0.1, -0.05) is 29.8 Å². The molecular formula is C13H11Cl2F3N2O3. The molecule has 0 saturated carbocycles. The summed E-state index contributed by atoms with van der Waals surface area (Å²) in [6.45, 7) is 2.54. The Morgan fingerprint density at radius 3 is 2.65 bits per heavy atom. The molecule has 1 heterocycles. The number of nitrogens with zero attached hydrogens (tertiary/aromatic N) is 1. The molecule has 23 heavy (non-hydrogen) atoms. The van der Waals surface area contributed by atoms with Crippen LogP contribution < -0.4 is 10.2 Å². The maximum Gasteiger partial charge on any atom is 0.438 e. The van der Waals surface area contributed by atoms with E-state index in [4.69, 9.17) is 27.9 Å². The highest BCUT2D eigenvalue weighted by atomic mass is 35.5. The van der Waals surface area contributed by atoms with E-state index in [1.807, 2.05) is 0 Å². The molecule has 1 atom stereocenters. The number of halogens is 5. The molecule has 0 aromatic heterocycles. The molecule has 2 N–H and O–H groups in total. The standard InChI is InChI=1S/C13H11Cl2F3N2O3/c1-7-5-12(22,13(16,17)18)20(19-7)11(21)6-23-8-2-3-9(14)10(15)4-8/h2-4,19,22H,1,5-6H2. The second-order valence-corrected chi connectivity index (χ2v) is 5.61. The van der Waals surface area contributed by atoms with Crippen molar-refractivity contribution in [2.75, 3.05) is 6.61 Å². The minimum Gasteiger partial charge on any atom is -0.484 e. The number of amides is 1. The van der Waals surface area contributed by atoms with E-state index in [1.54, 1.807) is 0 Å². The first-order chi connectivity index (χ1) is 10.5. The molecule has 5 nitrogen and oxygen atoms in total. The van der Waals surface area contributed by atoms with Crippen LogP contribution in [0.25, 0.3) is 0 Å². The summed E-state index contributed by atoms with van der Waals surface area (Å²) in [7, 11) is 0. The van der Waals surface area contributed by atoms with Crippen molar-refractivity contribution in [1.82, 2.24) is 10.4 Å². The van der Waals surface area contributed by atoms with Gasteiger partial charge in [-0.2, -0.15) is 13.2 Å². The smallest absolute Gasteiger partial charge is 0.438 e. The third-order valence-electron chi connectivity index (χ3n) is 3.06. The molecule has 10 heteroatoms. The van der Waals surface area contributed by atoms with Crippen LogP contribution in [0.3, 0.4) is 0 Å². The molecule has 0 spiro atoms. The lowest BCUT2D eigenvalue weighted by Crippen LogP contribution is -2.60. The summed E-state index contributed by atoms with van der Waals surface area (Å²) in [5.41, 5.74) is -1.42. The van der Waals surface area contributed by atoms with E-state index in [2.05, 4.69) is 12.0 Å². The van der Waals surface area contributed by atoms with Gasteiger partial charge >= 0.3 is 6.18 Å². The zero-order valence-electron chi connectivity index (χ0n) is 11.5. The second-order valence-electron chi connectivity index (χ2n) is 4.80. The maximum absolute atomic E-state index is 13.0. The van der Waals surface area contributed by atoms with Gasteiger partial charge in [-0.25, -0.2) is 5.01 Å². The number of ether oxygens (including phenoxy) is 1. The fourth-order valence-corrected chi connectivity index (χ4v) is 2.23. The lowest BCUT2D eigenvalue weighted by Gasteiger charge is -2.33. The van der Waals surface area contributed by atoms with Crippen molar-refractivity contribution < 1.29 is 27.8 Å². The molecule has 1 fully saturated rings. The van der Waals surface area contributed by atoms with E-state index in [9.17, 15) is 23.1 Å². The Balaban J connectivity index is 2.10. The Bertz CT molecular complexity index is 654. The highest BCUT2D eigenvalue weighted by Gasteiger charge is 2.63. The van der Waals surface area contributed by atoms with E-state index in [1.165, 1.54) is 18.2 Å². The topological polar surface area (TPSA) is 61.8 Å². The van der Waals surface area contributed by atoms with Gasteiger partial charge < -0.3 is 9.84 Å². The molecule has 1 saturated heterocycles. The van der Waals surface area contributed by atoms with Gasteiger partial charge in [0.2, 0.25) is 0 Å². The van der Waals surface area contributed by atoms with Crippen LogP contribution in [-0.2, 0) is 4.79 Å². The van der Waals surface area contributed by atoms with E-state index >= 15 is 0 Å². The molecule has 1 aromatic rings. The van der Waals surface area contributed by atoms with E-state index in [0.29, 0.717) is 0 Å². The van der Waals surface area contributed by atoms with E-state index in [0.717, 1.165) is 0 Å². The first kappa shape index (κ1) is 17.7. The van der Waals surface area contributed by atoms with Crippen LogP contribution >= 0.6 is 23.2 Å². The molecule has 1 aliphatic rings. The van der Waals surface area contributed by atoms with Gasteiger partial charge in [0.15, 0.2) is 6.61 Å². The number of rotatable bonds is 3. The lowest BCUT2D eigenvalue weighted by atomic mass is 10.1. The molecule has 2 rings (SSSR count). The van der Waals surface area contributed by atoms with Gasteiger partial charge in [0.05, 0.1) is 10.0 Å². The van der Waals surface area contributed by atoms with Crippen LogP contribution in [0.1, 0.15) is 6.42 Å². The number of carbonyl (C=O) groups excluding carboxylic acids is 1. The third-order valence-corrected chi connectivity index (χ3v) is 3.80. The molecule has 1 unspecified atom stereocenters. The Labute approximate surface area is 139 Å². The van der Waals surface area contributed by atoms with Crippen LogP contribution in [0.15, 0.2) is 30.5 Å². The number of benzene rings is 1. The van der Waals surface area contributed by atoms with Crippen molar-refractivity contribution in [1.29, 1.82) is 0 Å². The predicted octanol–water partition coefficient (Wildman–Crippen LogP) is 2.87. The zero-order chi connectivity index (χ0) is 17.4. The number of aliphatic hydroxyl groups is 1. The van der Waals surface area contributed by atoms with Crippen molar-refractivity contribution in [2.45, 2.75) is 18.3 Å². The number of alkyl halides is 3. The Morgan fingerprint density at radius 1 is 1.43 bits per heavy atom. The number of hydrazine groups is 1. The molecule has 0 aliphatic carbocycles. The van der Waals surface area contributed by atoms with Crippen molar-refractivity contribution in [3.8, 4) is 5.75 Å². The Kier molecular flexibility index (Phi) is 4.70. The van der Waals surface area contributed by atoms with Crippen molar-refractivity contribution in [3.05, 3.63) is 40.5 Å². The monoisotopic (exact) mass is 370 g/mol. The number of nitrogens with one attached hydrogen (secondary N) is 1. The molecule has 126 valence electrons. The summed E-state index contributed by atoms with van der Waals surface area (Å²) < 4.78 is 44.0. The minimum atomic E-state index is -5.06. The molecule has 1 aromatic carbocycles. The summed E-state index contributed by atoms with van der Waals surface area (Å²) >= 11 is 11.5. The average molecular weight is 371 g/mol. The summed E-state index contributed by atoms with van der Waals surface area (Å²) in [5, 5.41) is 10.3. The third kappa shape index (κ3) is 3.49. The van der Waals surface area contributed by atoms with Crippen LogP contribution in [0.4, 0.5) is 13.2 Å². The first-order valence-corrected chi connectivity index (χ1v) is 6.94. The Morgan fingerprint density at radius 2 is 2.09 bits per heavy atom.